The number of aliphatic hydroxyl groups is 1. The van der Waals surface area contributed by atoms with Crippen LogP contribution in [0, 0.1) is 0 Å². The van der Waals surface area contributed by atoms with Crippen LogP contribution >= 0.6 is 0 Å². The number of hydrogen-bond donors (Lipinski definition) is 2. The number of alkyl halides is 3. The number of anilines is 1. The molecule has 2 fully saturated rings. The molecule has 3 aromatic rings. The van der Waals surface area contributed by atoms with E-state index in [-0.39, 0.29) is 27.4 Å². The first kappa shape index (κ1) is 27.2. The van der Waals surface area contributed by atoms with E-state index in [1.807, 2.05) is 6.07 Å². The quantitative estimate of drug-likeness (QED) is 0.359. The molecule has 1 heterocycles. The fraction of sp³-hybridized carbons (Fsp3) is 0.321. The Hall–Kier alpha value is -3.41. The Morgan fingerprint density at radius 2 is 1.74 bits per heavy atom. The third-order valence-corrected chi connectivity index (χ3v) is 9.24. The lowest BCUT2D eigenvalue weighted by Gasteiger charge is -2.22. The number of carbonyl (C=O) groups excluding carboxylic acids is 1. The summed E-state index contributed by atoms with van der Waals surface area (Å²) in [5.41, 5.74) is 1.87. The molecule has 5 rings (SSSR count). The van der Waals surface area contributed by atoms with Gasteiger partial charge in [-0.1, -0.05) is 36.4 Å². The molecule has 1 atom stereocenters. The second-order valence-corrected chi connectivity index (χ2v) is 11.7. The van der Waals surface area contributed by atoms with E-state index < -0.39 is 27.8 Å². The molecule has 1 aliphatic carbocycles. The van der Waals surface area contributed by atoms with Gasteiger partial charge in [-0.05, 0) is 78.8 Å². The Labute approximate surface area is 228 Å². The maximum atomic E-state index is 13.2. The topological polar surface area (TPSA) is 95.9 Å². The van der Waals surface area contributed by atoms with Crippen LogP contribution in [0.3, 0.4) is 0 Å². The van der Waals surface area contributed by atoms with Gasteiger partial charge in [0.2, 0.25) is 15.9 Å². The Morgan fingerprint density at radius 1 is 1.05 bits per heavy atom. The number of nitrogens with zero attached hydrogens (tertiary/aromatic N) is 1. The summed E-state index contributed by atoms with van der Waals surface area (Å²) < 4.78 is 68.7. The number of aliphatic hydroxyl groups excluding tert-OH is 1. The van der Waals surface area contributed by atoms with Gasteiger partial charge in [0.25, 0.3) is 0 Å². The predicted molar refractivity (Wildman–Crippen MR) is 145 cm³/mol. The van der Waals surface area contributed by atoms with Crippen molar-refractivity contribution in [2.75, 3.05) is 18.5 Å². The first-order valence-electron chi connectivity index (χ1n) is 12.5. The van der Waals surface area contributed by atoms with Gasteiger partial charge < -0.3 is 15.2 Å². The number of nitrogens with one attached hydrogen (secondary N) is 1. The van der Waals surface area contributed by atoms with Crippen molar-refractivity contribution in [2.45, 2.75) is 48.4 Å². The first-order valence-corrected chi connectivity index (χ1v) is 14.0. The maximum absolute atomic E-state index is 13.2. The van der Waals surface area contributed by atoms with E-state index in [1.165, 1.54) is 40.7 Å². The zero-order chi connectivity index (χ0) is 27.8. The highest BCUT2D eigenvalue weighted by molar-refractivity contribution is 7.89. The third kappa shape index (κ3) is 5.66. The van der Waals surface area contributed by atoms with Crippen LogP contribution in [0.15, 0.2) is 77.7 Å². The number of ether oxygens (including phenoxy) is 1. The van der Waals surface area contributed by atoms with Crippen LogP contribution in [0.25, 0.3) is 11.1 Å². The Kier molecular flexibility index (Phi) is 7.17. The molecule has 3 aromatic carbocycles. The van der Waals surface area contributed by atoms with Crippen molar-refractivity contribution in [1.29, 1.82) is 0 Å². The minimum Gasteiger partial charge on any atom is -0.406 e. The predicted octanol–water partition coefficient (Wildman–Crippen LogP) is 5.81. The Balaban J connectivity index is 0.00000205. The molecule has 0 radical (unpaired) electrons. The fourth-order valence-corrected chi connectivity index (χ4v) is 6.72. The SMILES string of the molecule is O=C(Nc1cccc(-c2ccc(S(=O)(=O)N3CCC[C@@H]3CO)cc2)c1)C1(c2ccc(OC(F)(F)F)cc2)CC1.[HH].[HH].[HH]. The van der Waals surface area contributed by atoms with E-state index in [4.69, 9.17) is 0 Å². The summed E-state index contributed by atoms with van der Waals surface area (Å²) in [4.78, 5) is 13.3. The zero-order valence-corrected chi connectivity index (χ0v) is 21.6. The highest BCUT2D eigenvalue weighted by atomic mass is 32.2. The second kappa shape index (κ2) is 10.3. The van der Waals surface area contributed by atoms with E-state index >= 15 is 0 Å². The highest BCUT2D eigenvalue weighted by Gasteiger charge is 2.51. The average Bonchev–Trinajstić information content (AvgIpc) is 3.57. The summed E-state index contributed by atoms with van der Waals surface area (Å²) in [7, 11) is -3.72. The number of carbonyl (C=O) groups is 1. The smallest absolute Gasteiger partial charge is 0.406 e. The molecule has 1 aliphatic heterocycles. The van der Waals surface area contributed by atoms with Crippen molar-refractivity contribution >= 4 is 21.6 Å². The largest absolute Gasteiger partial charge is 0.573 e. The van der Waals surface area contributed by atoms with E-state index in [2.05, 4.69) is 10.1 Å². The summed E-state index contributed by atoms with van der Waals surface area (Å²) in [6, 6.07) is 18.5. The number of rotatable bonds is 8. The second-order valence-electron chi connectivity index (χ2n) is 9.81. The van der Waals surface area contributed by atoms with Gasteiger partial charge in [0.05, 0.1) is 16.9 Å². The summed E-state index contributed by atoms with van der Waals surface area (Å²) in [5, 5.41) is 12.4. The van der Waals surface area contributed by atoms with Gasteiger partial charge in [-0.2, -0.15) is 4.31 Å². The molecule has 0 bridgehead atoms. The standard InChI is InChI=1S/C28H27F3N2O5S.3H2/c29-28(30,31)38-24-10-8-21(9-11-24)27(14-15-27)26(35)32-22-4-1-3-20(17-22)19-6-12-25(13-7-19)39(36,37)33-16-2-5-23(33)18-34;;;/h1,3-4,6-13,17,23,34H,2,5,14-16,18H2,(H,32,35);3*1H/t23-;;;/m1.../s1. The van der Waals surface area contributed by atoms with Crippen molar-refractivity contribution < 1.29 is 40.5 Å². The Morgan fingerprint density at radius 3 is 2.36 bits per heavy atom. The summed E-state index contributed by atoms with van der Waals surface area (Å²) in [6.45, 7) is 0.166. The van der Waals surface area contributed by atoms with Gasteiger partial charge in [0, 0.05) is 22.6 Å². The number of hydrogen-bond acceptors (Lipinski definition) is 5. The van der Waals surface area contributed by atoms with Gasteiger partial charge in [-0.15, -0.1) is 13.2 Å². The molecule has 2 N–H and O–H groups in total. The van der Waals surface area contributed by atoms with Crippen LogP contribution < -0.4 is 10.1 Å². The van der Waals surface area contributed by atoms with Crippen LogP contribution in [0.1, 0.15) is 35.5 Å². The summed E-state index contributed by atoms with van der Waals surface area (Å²) in [6.07, 6.45) is -2.30. The van der Waals surface area contributed by atoms with Crippen molar-refractivity contribution in [1.82, 2.24) is 4.31 Å². The fourth-order valence-electron chi connectivity index (χ4n) is 5.04. The van der Waals surface area contributed by atoms with Crippen LogP contribution in [0.5, 0.6) is 5.75 Å². The molecule has 39 heavy (non-hydrogen) atoms. The Bertz CT molecular complexity index is 1470. The number of amides is 1. The van der Waals surface area contributed by atoms with E-state index in [0.29, 0.717) is 43.5 Å². The summed E-state index contributed by atoms with van der Waals surface area (Å²) in [5.74, 6) is -0.600. The average molecular weight is 567 g/mol. The molecule has 0 aromatic heterocycles. The molecular weight excluding hydrogens is 533 g/mol. The van der Waals surface area contributed by atoms with Crippen molar-refractivity contribution in [3.8, 4) is 16.9 Å². The van der Waals surface area contributed by atoms with Gasteiger partial charge in [0.1, 0.15) is 5.75 Å². The van der Waals surface area contributed by atoms with Gasteiger partial charge >= 0.3 is 6.36 Å². The molecular formula is C28H33F3N2O5S. The van der Waals surface area contributed by atoms with Crippen molar-refractivity contribution in [3.63, 3.8) is 0 Å². The minimum absolute atomic E-state index is 0. The van der Waals surface area contributed by atoms with E-state index in [1.54, 1.807) is 30.3 Å². The lowest BCUT2D eigenvalue weighted by atomic mass is 9.94. The number of sulfonamides is 1. The molecule has 2 aliphatic rings. The molecule has 11 heteroatoms. The van der Waals surface area contributed by atoms with E-state index in [0.717, 1.165) is 11.1 Å². The highest BCUT2D eigenvalue weighted by Crippen LogP contribution is 2.49. The van der Waals surface area contributed by atoms with Crippen LogP contribution in [-0.4, -0.2) is 49.3 Å². The molecule has 0 unspecified atom stereocenters. The maximum Gasteiger partial charge on any atom is 0.573 e. The molecule has 1 saturated carbocycles. The number of benzene rings is 3. The molecule has 1 amide bonds. The van der Waals surface area contributed by atoms with E-state index in [9.17, 15) is 31.5 Å². The first-order chi connectivity index (χ1) is 18.5. The van der Waals surface area contributed by atoms with Gasteiger partial charge in [0.15, 0.2) is 0 Å². The van der Waals surface area contributed by atoms with Crippen molar-refractivity contribution in [3.05, 3.63) is 78.4 Å². The lowest BCUT2D eigenvalue weighted by molar-refractivity contribution is -0.274. The molecule has 212 valence electrons. The monoisotopic (exact) mass is 566 g/mol. The van der Waals surface area contributed by atoms with Crippen molar-refractivity contribution in [2.24, 2.45) is 0 Å². The normalized spacial score (nSPS) is 19.0. The minimum atomic E-state index is -4.79. The number of halogens is 3. The zero-order valence-electron chi connectivity index (χ0n) is 20.8. The van der Waals surface area contributed by atoms with Crippen LogP contribution in [0.4, 0.5) is 18.9 Å². The van der Waals surface area contributed by atoms with Crippen LogP contribution in [0.2, 0.25) is 0 Å². The van der Waals surface area contributed by atoms with Crippen LogP contribution in [-0.2, 0) is 20.2 Å². The molecule has 1 saturated heterocycles. The third-order valence-electron chi connectivity index (χ3n) is 7.27. The summed E-state index contributed by atoms with van der Waals surface area (Å²) >= 11 is 0. The van der Waals surface area contributed by atoms with Gasteiger partial charge in [-0.25, -0.2) is 8.42 Å². The lowest BCUT2D eigenvalue weighted by Crippen LogP contribution is -2.37. The molecule has 0 spiro atoms. The molecule has 7 nitrogen and oxygen atoms in total. The van der Waals surface area contributed by atoms with Gasteiger partial charge in [-0.3, -0.25) is 4.79 Å².